The third-order valence-electron chi connectivity index (χ3n) is 2.80. The summed E-state index contributed by atoms with van der Waals surface area (Å²) in [5.74, 6) is 0.559. The van der Waals surface area contributed by atoms with Gasteiger partial charge >= 0.3 is 0 Å². The van der Waals surface area contributed by atoms with Crippen molar-refractivity contribution >= 4 is 27.2 Å². The van der Waals surface area contributed by atoms with Gasteiger partial charge in [-0.2, -0.15) is 4.31 Å². The lowest BCUT2D eigenvalue weighted by Crippen LogP contribution is -2.28. The number of hydrogen-bond donors (Lipinski definition) is 1. The summed E-state index contributed by atoms with van der Waals surface area (Å²) >= 11 is 4.90. The van der Waals surface area contributed by atoms with E-state index in [-0.39, 0.29) is 16.4 Å². The van der Waals surface area contributed by atoms with Gasteiger partial charge in [0.05, 0.1) is 17.7 Å². The number of nitrogens with two attached hydrogens (primary N) is 1. The normalized spacial score (nSPS) is 11.7. The molecular formula is C13H14N2O3S2. The van der Waals surface area contributed by atoms with Gasteiger partial charge in [0.25, 0.3) is 0 Å². The SMILES string of the molecule is CN(Cc1ccco1)S(=O)(=O)c1ccccc1C(N)=S. The lowest BCUT2D eigenvalue weighted by Gasteiger charge is -2.18. The van der Waals surface area contributed by atoms with Gasteiger partial charge in [0.1, 0.15) is 10.7 Å². The predicted octanol–water partition coefficient (Wildman–Crippen LogP) is 1.73. The molecule has 7 heteroatoms. The van der Waals surface area contributed by atoms with Crippen LogP contribution in [0.1, 0.15) is 11.3 Å². The Balaban J connectivity index is 2.37. The summed E-state index contributed by atoms with van der Waals surface area (Å²) in [5.41, 5.74) is 5.92. The van der Waals surface area contributed by atoms with E-state index in [2.05, 4.69) is 0 Å². The fourth-order valence-electron chi connectivity index (χ4n) is 1.77. The molecule has 0 spiro atoms. The average Bonchev–Trinajstić information content (AvgIpc) is 2.91. The van der Waals surface area contributed by atoms with E-state index in [9.17, 15) is 8.42 Å². The molecule has 2 N–H and O–H groups in total. The highest BCUT2D eigenvalue weighted by molar-refractivity contribution is 7.89. The summed E-state index contributed by atoms with van der Waals surface area (Å²) in [4.78, 5) is 0.150. The molecule has 2 rings (SSSR count). The zero-order valence-corrected chi connectivity index (χ0v) is 12.4. The molecule has 106 valence electrons. The zero-order valence-electron chi connectivity index (χ0n) is 10.8. The maximum atomic E-state index is 12.6. The van der Waals surface area contributed by atoms with Gasteiger partial charge in [-0.3, -0.25) is 0 Å². The minimum Gasteiger partial charge on any atom is -0.468 e. The van der Waals surface area contributed by atoms with Crippen molar-refractivity contribution in [2.75, 3.05) is 7.05 Å². The van der Waals surface area contributed by atoms with E-state index in [1.54, 1.807) is 30.3 Å². The largest absolute Gasteiger partial charge is 0.468 e. The molecule has 0 aliphatic rings. The molecule has 0 unspecified atom stereocenters. The van der Waals surface area contributed by atoms with E-state index in [1.807, 2.05) is 0 Å². The summed E-state index contributed by atoms with van der Waals surface area (Å²) in [6, 6.07) is 9.83. The predicted molar refractivity (Wildman–Crippen MR) is 79.7 cm³/mol. The fraction of sp³-hybridized carbons (Fsp3) is 0.154. The summed E-state index contributed by atoms with van der Waals surface area (Å²) < 4.78 is 31.5. The van der Waals surface area contributed by atoms with Crippen LogP contribution in [0.2, 0.25) is 0 Å². The molecule has 5 nitrogen and oxygen atoms in total. The standard InChI is InChI=1S/C13H14N2O3S2/c1-15(9-10-5-4-8-18-10)20(16,17)12-7-3-2-6-11(12)13(14)19/h2-8H,9H2,1H3,(H2,14,19). The first kappa shape index (κ1) is 14.7. The Hall–Kier alpha value is -1.70. The van der Waals surface area contributed by atoms with Gasteiger partial charge < -0.3 is 10.2 Å². The second-order valence-corrected chi connectivity index (χ2v) is 6.65. The van der Waals surface area contributed by atoms with Crippen molar-refractivity contribution < 1.29 is 12.8 Å². The molecule has 0 saturated carbocycles. The van der Waals surface area contributed by atoms with E-state index >= 15 is 0 Å². The topological polar surface area (TPSA) is 76.5 Å². The number of rotatable bonds is 5. The van der Waals surface area contributed by atoms with E-state index in [0.29, 0.717) is 11.3 Å². The van der Waals surface area contributed by atoms with Crippen LogP contribution in [0.15, 0.2) is 52.0 Å². The van der Waals surface area contributed by atoms with Crippen LogP contribution >= 0.6 is 12.2 Å². The molecule has 0 atom stereocenters. The van der Waals surface area contributed by atoms with Crippen molar-refractivity contribution in [2.24, 2.45) is 5.73 Å². The number of sulfonamides is 1. The minimum atomic E-state index is -3.68. The van der Waals surface area contributed by atoms with Crippen LogP contribution in [-0.2, 0) is 16.6 Å². The quantitative estimate of drug-likeness (QED) is 0.851. The molecule has 0 radical (unpaired) electrons. The van der Waals surface area contributed by atoms with Gasteiger partial charge in [-0.25, -0.2) is 8.42 Å². The molecule has 0 aliphatic heterocycles. The van der Waals surface area contributed by atoms with E-state index in [1.165, 1.54) is 23.7 Å². The van der Waals surface area contributed by atoms with Crippen molar-refractivity contribution in [3.63, 3.8) is 0 Å². The zero-order chi connectivity index (χ0) is 14.8. The van der Waals surface area contributed by atoms with E-state index in [4.69, 9.17) is 22.4 Å². The summed E-state index contributed by atoms with van der Waals surface area (Å²) in [7, 11) is -2.20. The molecule has 1 aromatic heterocycles. The lowest BCUT2D eigenvalue weighted by molar-refractivity contribution is 0.406. The molecule has 2 aromatic rings. The number of hydrogen-bond acceptors (Lipinski definition) is 4. The maximum Gasteiger partial charge on any atom is 0.243 e. The number of benzene rings is 1. The molecule has 20 heavy (non-hydrogen) atoms. The van der Waals surface area contributed by atoms with Gasteiger partial charge in [-0.1, -0.05) is 30.4 Å². The number of furan rings is 1. The fourth-order valence-corrected chi connectivity index (χ4v) is 3.35. The third-order valence-corrected chi connectivity index (χ3v) is 4.88. The van der Waals surface area contributed by atoms with Crippen molar-refractivity contribution in [1.29, 1.82) is 0 Å². The Kier molecular flexibility index (Phi) is 4.22. The number of thiocarbonyl (C=S) groups is 1. The van der Waals surface area contributed by atoms with Crippen LogP contribution in [0.4, 0.5) is 0 Å². The van der Waals surface area contributed by atoms with Crippen LogP contribution in [0.3, 0.4) is 0 Å². The van der Waals surface area contributed by atoms with Gasteiger partial charge in [0.15, 0.2) is 0 Å². The first-order valence-corrected chi connectivity index (χ1v) is 7.65. The maximum absolute atomic E-state index is 12.6. The second kappa shape index (κ2) is 5.74. The monoisotopic (exact) mass is 310 g/mol. The van der Waals surface area contributed by atoms with Crippen LogP contribution in [0.5, 0.6) is 0 Å². The Morgan fingerprint density at radius 3 is 2.60 bits per heavy atom. The third kappa shape index (κ3) is 2.90. The summed E-state index contributed by atoms with van der Waals surface area (Å²) in [6.45, 7) is 0.140. The molecule has 0 aliphatic carbocycles. The van der Waals surface area contributed by atoms with Crippen LogP contribution < -0.4 is 5.73 Å². The van der Waals surface area contributed by atoms with E-state index in [0.717, 1.165) is 0 Å². The van der Waals surface area contributed by atoms with Crippen LogP contribution in [-0.4, -0.2) is 24.8 Å². The van der Waals surface area contributed by atoms with Crippen LogP contribution in [0.25, 0.3) is 0 Å². The molecule has 0 bridgehead atoms. The number of nitrogens with zero attached hydrogens (tertiary/aromatic N) is 1. The lowest BCUT2D eigenvalue weighted by atomic mass is 10.2. The molecule has 1 heterocycles. The molecule has 1 aromatic carbocycles. The van der Waals surface area contributed by atoms with Gasteiger partial charge in [0.2, 0.25) is 10.0 Å². The highest BCUT2D eigenvalue weighted by atomic mass is 32.2. The Morgan fingerprint density at radius 1 is 1.30 bits per heavy atom. The Morgan fingerprint density at radius 2 is 2.00 bits per heavy atom. The van der Waals surface area contributed by atoms with Gasteiger partial charge in [0, 0.05) is 12.6 Å². The van der Waals surface area contributed by atoms with Gasteiger partial charge in [-0.15, -0.1) is 0 Å². The van der Waals surface area contributed by atoms with Crippen molar-refractivity contribution in [1.82, 2.24) is 4.31 Å². The summed E-state index contributed by atoms with van der Waals surface area (Å²) in [5, 5.41) is 0. The minimum absolute atomic E-state index is 0.0515. The molecule has 0 amide bonds. The van der Waals surface area contributed by atoms with E-state index < -0.39 is 10.0 Å². The molecular weight excluding hydrogens is 296 g/mol. The van der Waals surface area contributed by atoms with Crippen molar-refractivity contribution in [2.45, 2.75) is 11.4 Å². The van der Waals surface area contributed by atoms with Crippen molar-refractivity contribution in [3.05, 3.63) is 54.0 Å². The first-order valence-electron chi connectivity index (χ1n) is 5.80. The van der Waals surface area contributed by atoms with Gasteiger partial charge in [-0.05, 0) is 18.2 Å². The smallest absolute Gasteiger partial charge is 0.243 e. The molecule has 0 saturated heterocycles. The highest BCUT2D eigenvalue weighted by Gasteiger charge is 2.25. The van der Waals surface area contributed by atoms with Crippen LogP contribution in [0, 0.1) is 0 Å². The second-order valence-electron chi connectivity index (χ2n) is 4.20. The Labute approximate surface area is 123 Å². The average molecular weight is 310 g/mol. The highest BCUT2D eigenvalue weighted by Crippen LogP contribution is 2.20. The Bertz CT molecular complexity index is 709. The summed E-state index contributed by atoms with van der Waals surface area (Å²) in [6.07, 6.45) is 1.50. The molecule has 0 fully saturated rings. The first-order chi connectivity index (χ1) is 9.43. The van der Waals surface area contributed by atoms with Crippen molar-refractivity contribution in [3.8, 4) is 0 Å².